The fraction of sp³-hybridized carbons (Fsp3) is 0.692. The monoisotopic (exact) mass is 318 g/mol. The number of rotatable bonds is 5. The van der Waals surface area contributed by atoms with Crippen LogP contribution in [0.5, 0.6) is 0 Å². The van der Waals surface area contributed by atoms with Crippen LogP contribution in [0.1, 0.15) is 27.7 Å². The topological polar surface area (TPSA) is 114 Å². The first-order valence-electron chi connectivity index (χ1n) is 6.51. The van der Waals surface area contributed by atoms with E-state index in [1.165, 1.54) is 6.92 Å². The molecule has 0 amide bonds. The maximum atomic E-state index is 11.2. The van der Waals surface area contributed by atoms with Crippen LogP contribution in [-0.4, -0.2) is 55.1 Å². The van der Waals surface area contributed by atoms with Crippen LogP contribution in [0, 0.1) is 0 Å². The summed E-state index contributed by atoms with van der Waals surface area (Å²) in [6.07, 6.45) is -4.40. The fourth-order valence-electron chi connectivity index (χ4n) is 1.93. The van der Waals surface area contributed by atoms with E-state index in [2.05, 4.69) is 0 Å². The molecule has 0 spiro atoms. The number of ether oxygens (including phenoxy) is 5. The molecule has 124 valence electrons. The molecule has 9 nitrogen and oxygen atoms in total. The van der Waals surface area contributed by atoms with Gasteiger partial charge < -0.3 is 23.7 Å². The Morgan fingerprint density at radius 3 is 1.73 bits per heavy atom. The third-order valence-electron chi connectivity index (χ3n) is 2.60. The van der Waals surface area contributed by atoms with Crippen molar-refractivity contribution in [1.29, 1.82) is 0 Å². The van der Waals surface area contributed by atoms with Crippen LogP contribution in [0.15, 0.2) is 0 Å². The highest BCUT2D eigenvalue weighted by Gasteiger charge is 2.51. The Kier molecular flexibility index (Phi) is 6.29. The third-order valence-corrected chi connectivity index (χ3v) is 2.60. The molecular weight excluding hydrogens is 300 g/mol. The maximum absolute atomic E-state index is 11.2. The maximum Gasteiger partial charge on any atom is 0.305 e. The number of carbonyl (C=O) groups excluding carboxylic acids is 4. The van der Waals surface area contributed by atoms with Gasteiger partial charge >= 0.3 is 23.9 Å². The van der Waals surface area contributed by atoms with E-state index in [0.29, 0.717) is 0 Å². The van der Waals surface area contributed by atoms with E-state index in [1.807, 2.05) is 0 Å². The Morgan fingerprint density at radius 2 is 1.27 bits per heavy atom. The van der Waals surface area contributed by atoms with Gasteiger partial charge in [0.1, 0.15) is 12.7 Å². The van der Waals surface area contributed by atoms with E-state index < -0.39 is 48.5 Å². The summed E-state index contributed by atoms with van der Waals surface area (Å²) in [5.41, 5.74) is 0. The first-order chi connectivity index (χ1) is 10.2. The normalized spacial score (nSPS) is 26.9. The van der Waals surface area contributed by atoms with E-state index in [1.54, 1.807) is 0 Å². The lowest BCUT2D eigenvalue weighted by atomic mass is 10.1. The van der Waals surface area contributed by atoms with Gasteiger partial charge in [0.15, 0.2) is 6.10 Å². The van der Waals surface area contributed by atoms with Gasteiger partial charge in [-0.25, -0.2) is 0 Å². The third kappa shape index (κ3) is 5.32. The summed E-state index contributed by atoms with van der Waals surface area (Å²) in [5.74, 6) is -2.56. The molecule has 1 aliphatic heterocycles. The number of hydrogen-bond acceptors (Lipinski definition) is 9. The van der Waals surface area contributed by atoms with Crippen LogP contribution in [-0.2, 0) is 42.9 Å². The average molecular weight is 318 g/mol. The van der Waals surface area contributed by atoms with Crippen molar-refractivity contribution >= 4 is 23.9 Å². The van der Waals surface area contributed by atoms with Crippen molar-refractivity contribution in [1.82, 2.24) is 0 Å². The van der Waals surface area contributed by atoms with E-state index >= 15 is 0 Å². The average Bonchev–Trinajstić information content (AvgIpc) is 2.63. The molecule has 1 saturated heterocycles. The summed E-state index contributed by atoms with van der Waals surface area (Å²) in [6.45, 7) is 4.40. The predicted molar refractivity (Wildman–Crippen MR) is 68.2 cm³/mol. The quantitative estimate of drug-likeness (QED) is 0.497. The smallest absolute Gasteiger partial charge is 0.305 e. The van der Waals surface area contributed by atoms with Gasteiger partial charge in [-0.15, -0.1) is 0 Å². The standard InChI is InChI=1S/C13H18O9/c1-6(14)18-5-10-11(19-7(2)15)12(20-8(3)16)13(22-10)21-9(4)17/h10-13H,5H2,1-4H3/t10?,11-,12-,13-/m1/s1. The zero-order valence-electron chi connectivity index (χ0n) is 12.7. The Morgan fingerprint density at radius 1 is 0.773 bits per heavy atom. The number of carbonyl (C=O) groups is 4. The van der Waals surface area contributed by atoms with Crippen LogP contribution in [0.25, 0.3) is 0 Å². The summed E-state index contributed by atoms with van der Waals surface area (Å²) >= 11 is 0. The van der Waals surface area contributed by atoms with Crippen molar-refractivity contribution in [3.05, 3.63) is 0 Å². The van der Waals surface area contributed by atoms with Gasteiger partial charge in [0, 0.05) is 27.7 Å². The van der Waals surface area contributed by atoms with Crippen molar-refractivity contribution < 1.29 is 42.9 Å². The fourth-order valence-corrected chi connectivity index (χ4v) is 1.93. The van der Waals surface area contributed by atoms with Gasteiger partial charge in [-0.1, -0.05) is 0 Å². The highest BCUT2D eigenvalue weighted by molar-refractivity contribution is 5.68. The van der Waals surface area contributed by atoms with Crippen molar-refractivity contribution in [3.63, 3.8) is 0 Å². The number of esters is 4. The van der Waals surface area contributed by atoms with Crippen molar-refractivity contribution in [2.75, 3.05) is 6.61 Å². The number of hydrogen-bond donors (Lipinski definition) is 0. The minimum Gasteiger partial charge on any atom is -0.463 e. The van der Waals surface area contributed by atoms with E-state index in [0.717, 1.165) is 20.8 Å². The zero-order chi connectivity index (χ0) is 16.9. The minimum absolute atomic E-state index is 0.247. The molecule has 0 aromatic rings. The van der Waals surface area contributed by atoms with Gasteiger partial charge in [-0.05, 0) is 0 Å². The van der Waals surface area contributed by atoms with Gasteiger partial charge in [0.2, 0.25) is 12.4 Å². The molecule has 1 unspecified atom stereocenters. The van der Waals surface area contributed by atoms with Gasteiger partial charge in [0.05, 0.1) is 0 Å². The molecule has 1 heterocycles. The van der Waals surface area contributed by atoms with Gasteiger partial charge in [0.25, 0.3) is 0 Å². The molecule has 0 N–H and O–H groups in total. The highest BCUT2D eigenvalue weighted by atomic mass is 16.8. The van der Waals surface area contributed by atoms with E-state index in [4.69, 9.17) is 23.7 Å². The summed E-state index contributed by atoms with van der Waals surface area (Å²) in [6, 6.07) is 0. The molecule has 1 fully saturated rings. The molecule has 0 aliphatic carbocycles. The van der Waals surface area contributed by atoms with Crippen molar-refractivity contribution in [2.24, 2.45) is 0 Å². The second-order valence-electron chi connectivity index (χ2n) is 4.60. The molecule has 4 atom stereocenters. The summed E-state index contributed by atoms with van der Waals surface area (Å²) in [7, 11) is 0. The molecule has 22 heavy (non-hydrogen) atoms. The molecule has 0 saturated carbocycles. The molecule has 0 radical (unpaired) electrons. The minimum atomic E-state index is -1.26. The Labute approximate surface area is 126 Å². The van der Waals surface area contributed by atoms with E-state index in [-0.39, 0.29) is 6.61 Å². The SMILES string of the molecule is CC(=O)OCC1O[C@@H](OC(C)=O)[C@H](OC(C)=O)[C@@H]1OC(C)=O. The van der Waals surface area contributed by atoms with Crippen molar-refractivity contribution in [2.45, 2.75) is 52.3 Å². The molecule has 0 bridgehead atoms. The van der Waals surface area contributed by atoms with Crippen LogP contribution in [0.4, 0.5) is 0 Å². The molecule has 9 heteroatoms. The molecule has 1 aliphatic rings. The first kappa shape index (κ1) is 17.9. The molecular formula is C13H18O9. The van der Waals surface area contributed by atoms with Gasteiger partial charge in [-0.3, -0.25) is 19.2 Å². The van der Waals surface area contributed by atoms with Crippen molar-refractivity contribution in [3.8, 4) is 0 Å². The lowest BCUT2D eigenvalue weighted by molar-refractivity contribution is -0.197. The van der Waals surface area contributed by atoms with Gasteiger partial charge in [-0.2, -0.15) is 0 Å². The Hall–Kier alpha value is -2.16. The zero-order valence-corrected chi connectivity index (χ0v) is 12.7. The Bertz CT molecular complexity index is 458. The highest BCUT2D eigenvalue weighted by Crippen LogP contribution is 2.28. The molecule has 1 rings (SSSR count). The lowest BCUT2D eigenvalue weighted by Crippen LogP contribution is -2.42. The van der Waals surface area contributed by atoms with Crippen LogP contribution < -0.4 is 0 Å². The lowest BCUT2D eigenvalue weighted by Gasteiger charge is -2.22. The second kappa shape index (κ2) is 7.74. The summed E-state index contributed by atoms with van der Waals surface area (Å²) in [4.78, 5) is 44.4. The first-order valence-corrected chi connectivity index (χ1v) is 6.51. The predicted octanol–water partition coefficient (Wildman–Crippen LogP) is -0.299. The van der Waals surface area contributed by atoms with Crippen LogP contribution in [0.3, 0.4) is 0 Å². The van der Waals surface area contributed by atoms with E-state index in [9.17, 15) is 19.2 Å². The molecule has 0 aromatic heterocycles. The summed E-state index contributed by atoms with van der Waals surface area (Å²) in [5, 5.41) is 0. The Balaban J connectivity index is 2.94. The molecule has 0 aromatic carbocycles. The summed E-state index contributed by atoms with van der Waals surface area (Å²) < 4.78 is 25.2. The second-order valence-corrected chi connectivity index (χ2v) is 4.60. The van der Waals surface area contributed by atoms with Crippen LogP contribution in [0.2, 0.25) is 0 Å². The largest absolute Gasteiger partial charge is 0.463 e. The van der Waals surface area contributed by atoms with Crippen LogP contribution >= 0.6 is 0 Å².